The minimum absolute atomic E-state index is 0.106. The summed E-state index contributed by atoms with van der Waals surface area (Å²) in [4.78, 5) is 0. The molecule has 0 aliphatic carbocycles. The van der Waals surface area contributed by atoms with Gasteiger partial charge in [-0.2, -0.15) is 0 Å². The van der Waals surface area contributed by atoms with Crippen LogP contribution in [0.2, 0.25) is 0 Å². The van der Waals surface area contributed by atoms with E-state index >= 15 is 0 Å². The highest BCUT2D eigenvalue weighted by Gasteiger charge is 2.20. The molecule has 2 rings (SSSR count). The van der Waals surface area contributed by atoms with Gasteiger partial charge in [0, 0.05) is 5.56 Å². The molecule has 0 fully saturated rings. The predicted octanol–water partition coefficient (Wildman–Crippen LogP) is 4.68. The Bertz CT molecular complexity index is 619. The first-order valence-corrected chi connectivity index (χ1v) is 9.20. The van der Waals surface area contributed by atoms with Gasteiger partial charge in [0.2, 0.25) is 0 Å². The summed E-state index contributed by atoms with van der Waals surface area (Å²) >= 11 is 0. The lowest BCUT2D eigenvalue weighted by Gasteiger charge is -2.26. The third kappa shape index (κ3) is 6.52. The third-order valence-corrected chi connectivity index (χ3v) is 4.11. The molecule has 0 radical (unpaired) electrons. The van der Waals surface area contributed by atoms with Gasteiger partial charge < -0.3 is 14.0 Å². The van der Waals surface area contributed by atoms with Crippen molar-refractivity contribution in [1.82, 2.24) is 0 Å². The van der Waals surface area contributed by atoms with E-state index in [1.54, 1.807) is 0 Å². The van der Waals surface area contributed by atoms with E-state index < -0.39 is 0 Å². The summed E-state index contributed by atoms with van der Waals surface area (Å²) in [7, 11) is 6.55. The number of nitrogens with zero attached hydrogens (tertiary/aromatic N) is 1. The molecule has 2 aromatic rings. The zero-order chi connectivity index (χ0) is 18.1. The zero-order valence-electron chi connectivity index (χ0n) is 16.1. The summed E-state index contributed by atoms with van der Waals surface area (Å²) in [5, 5.41) is 0. The van der Waals surface area contributed by atoms with Crippen LogP contribution in [0.25, 0.3) is 0 Å². The average Bonchev–Trinajstić information content (AvgIpc) is 2.60. The minimum atomic E-state index is -0.106. The van der Waals surface area contributed by atoms with Gasteiger partial charge in [-0.25, -0.2) is 0 Å². The second-order valence-corrected chi connectivity index (χ2v) is 7.42. The molecule has 0 bridgehead atoms. The lowest BCUT2D eigenvalue weighted by atomic mass is 10.0. The lowest BCUT2D eigenvalue weighted by Crippen LogP contribution is -2.37. The van der Waals surface area contributed by atoms with E-state index in [2.05, 4.69) is 64.5 Å². The molecule has 0 saturated carbocycles. The maximum Gasteiger partial charge on any atom is 0.125 e. The Morgan fingerprint density at radius 2 is 1.56 bits per heavy atom. The van der Waals surface area contributed by atoms with Gasteiger partial charge in [-0.05, 0) is 18.1 Å². The monoisotopic (exact) mass is 342 g/mol. The molecular weight excluding hydrogens is 310 g/mol. The van der Waals surface area contributed by atoms with Crippen molar-refractivity contribution in [2.45, 2.75) is 25.9 Å². The number of hydrogen-bond acceptors (Lipinski definition) is 2. The highest BCUT2D eigenvalue weighted by molar-refractivity contribution is 5.40. The van der Waals surface area contributed by atoms with Crippen molar-refractivity contribution in [2.75, 3.05) is 40.9 Å². The molecule has 0 amide bonds. The van der Waals surface area contributed by atoms with Gasteiger partial charge in [0.25, 0.3) is 0 Å². The second kappa shape index (κ2) is 9.59. The topological polar surface area (TPSA) is 18.5 Å². The molecule has 3 nitrogen and oxygen atoms in total. The van der Waals surface area contributed by atoms with Crippen molar-refractivity contribution in [3.8, 4) is 5.75 Å². The number of unbranched alkanes of at least 4 members (excludes halogenated alkanes) is 1. The van der Waals surface area contributed by atoms with Gasteiger partial charge in [0.1, 0.15) is 18.4 Å². The molecule has 0 aliphatic heterocycles. The summed E-state index contributed by atoms with van der Waals surface area (Å²) in [5.41, 5.74) is 2.27. The Morgan fingerprint density at radius 3 is 2.24 bits per heavy atom. The normalized spacial score (nSPS) is 12.8. The van der Waals surface area contributed by atoms with Gasteiger partial charge in [-0.1, -0.05) is 61.9 Å². The predicted molar refractivity (Wildman–Crippen MR) is 104 cm³/mol. The molecule has 2 aromatic carbocycles. The van der Waals surface area contributed by atoms with Crippen LogP contribution in [0.15, 0.2) is 54.6 Å². The first-order valence-electron chi connectivity index (χ1n) is 9.20. The van der Waals surface area contributed by atoms with Gasteiger partial charge in [-0.3, -0.25) is 0 Å². The SMILES string of the molecule is CCCCOc1ccccc1C(OCC[N+](C)(C)C)c1ccccc1. The first kappa shape index (κ1) is 19.5. The Morgan fingerprint density at radius 1 is 0.880 bits per heavy atom. The Kier molecular flexibility index (Phi) is 7.48. The van der Waals surface area contributed by atoms with Crippen LogP contribution in [0.3, 0.4) is 0 Å². The van der Waals surface area contributed by atoms with Gasteiger partial charge in [-0.15, -0.1) is 0 Å². The molecular formula is C22H32NO2+. The summed E-state index contributed by atoms with van der Waals surface area (Å²) in [5.74, 6) is 0.926. The number of ether oxygens (including phenoxy) is 2. The summed E-state index contributed by atoms with van der Waals surface area (Å²) < 4.78 is 13.3. The fraction of sp³-hybridized carbons (Fsp3) is 0.455. The molecule has 0 saturated heterocycles. The maximum absolute atomic E-state index is 6.34. The van der Waals surface area contributed by atoms with Crippen LogP contribution >= 0.6 is 0 Å². The smallest absolute Gasteiger partial charge is 0.125 e. The molecule has 0 N–H and O–H groups in total. The molecule has 3 heteroatoms. The summed E-state index contributed by atoms with van der Waals surface area (Å²) in [6.45, 7) is 4.58. The standard InChI is InChI=1S/C22H32NO2/c1-5-6-17-24-21-15-11-10-14-20(21)22(19-12-8-7-9-13-19)25-18-16-23(2,3)4/h7-15,22H,5-6,16-18H2,1-4H3/q+1. The number of hydrogen-bond donors (Lipinski definition) is 0. The van der Waals surface area contributed by atoms with Crippen molar-refractivity contribution in [2.24, 2.45) is 0 Å². The van der Waals surface area contributed by atoms with E-state index in [1.807, 2.05) is 18.2 Å². The lowest BCUT2D eigenvalue weighted by molar-refractivity contribution is -0.870. The van der Waals surface area contributed by atoms with E-state index in [-0.39, 0.29) is 6.10 Å². The Hall–Kier alpha value is -1.84. The second-order valence-electron chi connectivity index (χ2n) is 7.42. The molecule has 0 heterocycles. The van der Waals surface area contributed by atoms with Crippen molar-refractivity contribution >= 4 is 0 Å². The van der Waals surface area contributed by atoms with Crippen LogP contribution in [-0.4, -0.2) is 45.4 Å². The number of quaternary nitrogens is 1. The molecule has 1 atom stereocenters. The number of benzene rings is 2. The first-order chi connectivity index (χ1) is 12.0. The largest absolute Gasteiger partial charge is 0.493 e. The molecule has 0 aromatic heterocycles. The van der Waals surface area contributed by atoms with Crippen LogP contribution in [0.1, 0.15) is 37.0 Å². The fourth-order valence-electron chi connectivity index (χ4n) is 2.59. The molecule has 0 aliphatic rings. The quantitative estimate of drug-likeness (QED) is 0.461. The van der Waals surface area contributed by atoms with E-state index in [0.29, 0.717) is 6.61 Å². The Balaban J connectivity index is 2.23. The maximum atomic E-state index is 6.34. The van der Waals surface area contributed by atoms with Crippen molar-refractivity contribution in [1.29, 1.82) is 0 Å². The van der Waals surface area contributed by atoms with Crippen LogP contribution in [-0.2, 0) is 4.74 Å². The number of para-hydroxylation sites is 1. The minimum Gasteiger partial charge on any atom is -0.493 e. The van der Waals surface area contributed by atoms with Gasteiger partial charge in [0.05, 0.1) is 34.4 Å². The van der Waals surface area contributed by atoms with Crippen molar-refractivity contribution < 1.29 is 14.0 Å². The third-order valence-electron chi connectivity index (χ3n) is 4.11. The average molecular weight is 343 g/mol. The Labute approximate surface area is 152 Å². The van der Waals surface area contributed by atoms with Crippen LogP contribution < -0.4 is 4.74 Å². The van der Waals surface area contributed by atoms with E-state index in [4.69, 9.17) is 9.47 Å². The molecule has 1 unspecified atom stereocenters. The van der Waals surface area contributed by atoms with Gasteiger partial charge in [0.15, 0.2) is 0 Å². The highest BCUT2D eigenvalue weighted by atomic mass is 16.5. The summed E-state index contributed by atoms with van der Waals surface area (Å²) in [6.07, 6.45) is 2.09. The number of rotatable bonds is 10. The van der Waals surface area contributed by atoms with E-state index in [0.717, 1.165) is 47.4 Å². The highest BCUT2D eigenvalue weighted by Crippen LogP contribution is 2.33. The van der Waals surface area contributed by atoms with E-state index in [1.165, 1.54) is 0 Å². The molecule has 0 spiro atoms. The van der Waals surface area contributed by atoms with Gasteiger partial charge >= 0.3 is 0 Å². The molecule has 136 valence electrons. The van der Waals surface area contributed by atoms with Crippen molar-refractivity contribution in [3.05, 3.63) is 65.7 Å². The number of likely N-dealkylation sites (N-methyl/N-ethyl adjacent to an activating group) is 1. The zero-order valence-corrected chi connectivity index (χ0v) is 16.1. The van der Waals surface area contributed by atoms with Crippen LogP contribution in [0.4, 0.5) is 0 Å². The van der Waals surface area contributed by atoms with E-state index in [9.17, 15) is 0 Å². The molecule has 25 heavy (non-hydrogen) atoms. The fourth-order valence-corrected chi connectivity index (χ4v) is 2.59. The van der Waals surface area contributed by atoms with Crippen LogP contribution in [0, 0.1) is 0 Å². The van der Waals surface area contributed by atoms with Crippen LogP contribution in [0.5, 0.6) is 5.75 Å². The summed E-state index contributed by atoms with van der Waals surface area (Å²) in [6, 6.07) is 18.7. The van der Waals surface area contributed by atoms with Crippen molar-refractivity contribution in [3.63, 3.8) is 0 Å².